The lowest BCUT2D eigenvalue weighted by Crippen LogP contribution is -2.50. The Morgan fingerprint density at radius 1 is 1.26 bits per heavy atom. The van der Waals surface area contributed by atoms with Crippen LogP contribution in [-0.2, 0) is 9.53 Å². The van der Waals surface area contributed by atoms with Gasteiger partial charge in [-0.05, 0) is 39.0 Å². The standard InChI is InChI=1S/C19H21FN4O3/c1-19(2,3)27-18(26)24-14(11-7-4-5-8-12(11)20)15-17(25)22-13-9-6-10-21-16(13)23-15/h4-10,14-15H,1-3H3,(H,21,23)(H,22,25)(H,24,26)/t14?,15-/m0/s1. The largest absolute Gasteiger partial charge is 0.444 e. The molecule has 2 atom stereocenters. The maximum Gasteiger partial charge on any atom is 0.408 e. The molecule has 27 heavy (non-hydrogen) atoms. The smallest absolute Gasteiger partial charge is 0.408 e. The monoisotopic (exact) mass is 372 g/mol. The van der Waals surface area contributed by atoms with E-state index in [1.54, 1.807) is 45.2 Å². The van der Waals surface area contributed by atoms with Crippen molar-refractivity contribution < 1.29 is 18.7 Å². The van der Waals surface area contributed by atoms with E-state index in [-0.39, 0.29) is 5.56 Å². The van der Waals surface area contributed by atoms with Gasteiger partial charge in [-0.1, -0.05) is 18.2 Å². The van der Waals surface area contributed by atoms with Gasteiger partial charge in [0.05, 0.1) is 11.7 Å². The number of amides is 2. The highest BCUT2D eigenvalue weighted by Crippen LogP contribution is 2.30. The molecular weight excluding hydrogens is 351 g/mol. The second-order valence-electron chi connectivity index (χ2n) is 7.16. The highest BCUT2D eigenvalue weighted by molar-refractivity contribution is 6.02. The summed E-state index contributed by atoms with van der Waals surface area (Å²) in [5.41, 5.74) is -0.0565. The quantitative estimate of drug-likeness (QED) is 0.769. The molecule has 1 aromatic heterocycles. The third-order valence-corrected chi connectivity index (χ3v) is 3.89. The molecule has 8 heteroatoms. The fourth-order valence-electron chi connectivity index (χ4n) is 2.78. The summed E-state index contributed by atoms with van der Waals surface area (Å²) in [6.07, 6.45) is 0.817. The normalized spacial score (nSPS) is 17.2. The van der Waals surface area contributed by atoms with E-state index in [1.807, 2.05) is 0 Å². The maximum atomic E-state index is 14.4. The Morgan fingerprint density at radius 2 is 2.00 bits per heavy atom. The molecule has 1 aliphatic heterocycles. The van der Waals surface area contributed by atoms with Crippen LogP contribution in [0.4, 0.5) is 20.7 Å². The molecule has 1 aliphatic rings. The highest BCUT2D eigenvalue weighted by Gasteiger charge is 2.37. The SMILES string of the molecule is CC(C)(C)OC(=O)NC(c1ccccc1F)[C@@H]1Nc2ncccc2NC1=O. The van der Waals surface area contributed by atoms with E-state index in [2.05, 4.69) is 20.9 Å². The summed E-state index contributed by atoms with van der Waals surface area (Å²) in [5, 5.41) is 8.31. The number of pyridine rings is 1. The average Bonchev–Trinajstić information content (AvgIpc) is 2.58. The molecule has 0 saturated heterocycles. The minimum Gasteiger partial charge on any atom is -0.444 e. The minimum absolute atomic E-state index is 0.162. The average molecular weight is 372 g/mol. The van der Waals surface area contributed by atoms with Crippen molar-refractivity contribution in [2.45, 2.75) is 38.5 Å². The number of ether oxygens (including phenoxy) is 1. The number of nitrogens with zero attached hydrogens (tertiary/aromatic N) is 1. The second kappa shape index (κ2) is 7.22. The van der Waals surface area contributed by atoms with Crippen LogP contribution < -0.4 is 16.0 Å². The molecule has 3 N–H and O–H groups in total. The fourth-order valence-corrected chi connectivity index (χ4v) is 2.78. The van der Waals surface area contributed by atoms with Gasteiger partial charge < -0.3 is 20.7 Å². The summed E-state index contributed by atoms with van der Waals surface area (Å²) < 4.78 is 19.7. The lowest BCUT2D eigenvalue weighted by atomic mass is 9.96. The predicted octanol–water partition coefficient (Wildman–Crippen LogP) is 3.22. The number of alkyl carbamates (subject to hydrolysis) is 1. The number of fused-ring (bicyclic) bond motifs is 1. The van der Waals surface area contributed by atoms with E-state index in [9.17, 15) is 14.0 Å². The molecule has 0 spiro atoms. The van der Waals surface area contributed by atoms with Crippen molar-refractivity contribution in [3.8, 4) is 0 Å². The van der Waals surface area contributed by atoms with E-state index in [1.165, 1.54) is 18.2 Å². The van der Waals surface area contributed by atoms with Gasteiger partial charge in [-0.3, -0.25) is 4.79 Å². The molecule has 0 radical (unpaired) electrons. The van der Waals surface area contributed by atoms with Crippen LogP contribution in [0.25, 0.3) is 0 Å². The van der Waals surface area contributed by atoms with Crippen LogP contribution in [0.5, 0.6) is 0 Å². The van der Waals surface area contributed by atoms with Crippen LogP contribution in [0.15, 0.2) is 42.6 Å². The Balaban J connectivity index is 1.94. The zero-order valence-electron chi connectivity index (χ0n) is 15.2. The van der Waals surface area contributed by atoms with E-state index < -0.39 is 35.5 Å². The molecule has 0 fully saturated rings. The molecule has 0 aliphatic carbocycles. The number of rotatable bonds is 3. The first-order chi connectivity index (χ1) is 12.7. The molecule has 0 bridgehead atoms. The molecule has 7 nitrogen and oxygen atoms in total. The van der Waals surface area contributed by atoms with Gasteiger partial charge in [0.1, 0.15) is 17.5 Å². The van der Waals surface area contributed by atoms with Gasteiger partial charge in [-0.2, -0.15) is 0 Å². The summed E-state index contributed by atoms with van der Waals surface area (Å²) in [6, 6.07) is 7.36. The summed E-state index contributed by atoms with van der Waals surface area (Å²) >= 11 is 0. The zero-order valence-corrected chi connectivity index (χ0v) is 15.2. The van der Waals surface area contributed by atoms with Gasteiger partial charge in [-0.25, -0.2) is 14.2 Å². The van der Waals surface area contributed by atoms with E-state index >= 15 is 0 Å². The first-order valence-electron chi connectivity index (χ1n) is 8.51. The van der Waals surface area contributed by atoms with Crippen molar-refractivity contribution in [3.05, 3.63) is 54.0 Å². The Kier molecular flexibility index (Phi) is 4.98. The number of carbonyl (C=O) groups is 2. The van der Waals surface area contributed by atoms with Gasteiger partial charge >= 0.3 is 6.09 Å². The topological polar surface area (TPSA) is 92.3 Å². The van der Waals surface area contributed by atoms with Crippen molar-refractivity contribution >= 4 is 23.5 Å². The summed E-state index contributed by atoms with van der Waals surface area (Å²) in [6.45, 7) is 5.16. The van der Waals surface area contributed by atoms with E-state index in [0.29, 0.717) is 11.5 Å². The van der Waals surface area contributed by atoms with Crippen LogP contribution in [-0.4, -0.2) is 28.6 Å². The molecule has 2 heterocycles. The third kappa shape index (κ3) is 4.33. The van der Waals surface area contributed by atoms with Crippen LogP contribution in [0.2, 0.25) is 0 Å². The van der Waals surface area contributed by atoms with Gasteiger partial charge in [0.15, 0.2) is 5.82 Å². The fraction of sp³-hybridized carbons (Fsp3) is 0.316. The first-order valence-corrected chi connectivity index (χ1v) is 8.51. The number of anilines is 2. The van der Waals surface area contributed by atoms with Gasteiger partial charge in [-0.15, -0.1) is 0 Å². The third-order valence-electron chi connectivity index (χ3n) is 3.89. The molecule has 2 amide bonds. The summed E-state index contributed by atoms with van der Waals surface area (Å²) in [7, 11) is 0. The number of aromatic nitrogens is 1. The number of carbonyl (C=O) groups excluding carboxylic acids is 2. The van der Waals surface area contributed by atoms with Gasteiger partial charge in [0, 0.05) is 11.8 Å². The van der Waals surface area contributed by atoms with Crippen LogP contribution in [0.3, 0.4) is 0 Å². The lowest BCUT2D eigenvalue weighted by Gasteiger charge is -2.33. The van der Waals surface area contributed by atoms with E-state index in [4.69, 9.17) is 4.74 Å². The molecule has 0 saturated carbocycles. The Bertz CT molecular complexity index is 866. The van der Waals surface area contributed by atoms with Crippen LogP contribution in [0.1, 0.15) is 32.4 Å². The van der Waals surface area contributed by atoms with Crippen molar-refractivity contribution in [3.63, 3.8) is 0 Å². The number of halogens is 1. The van der Waals surface area contributed by atoms with Crippen molar-refractivity contribution in [2.24, 2.45) is 0 Å². The number of hydrogen-bond acceptors (Lipinski definition) is 5. The molecular formula is C19H21FN4O3. The number of hydrogen-bond donors (Lipinski definition) is 3. The van der Waals surface area contributed by atoms with Crippen molar-refractivity contribution in [1.82, 2.24) is 10.3 Å². The Labute approximate surface area is 156 Å². The number of benzene rings is 1. The zero-order chi connectivity index (χ0) is 19.6. The Hall–Kier alpha value is -3.16. The Morgan fingerprint density at radius 3 is 2.70 bits per heavy atom. The van der Waals surface area contributed by atoms with Crippen LogP contribution >= 0.6 is 0 Å². The summed E-state index contributed by atoms with van der Waals surface area (Å²) in [4.78, 5) is 29.1. The van der Waals surface area contributed by atoms with Crippen molar-refractivity contribution in [1.29, 1.82) is 0 Å². The van der Waals surface area contributed by atoms with E-state index in [0.717, 1.165) is 0 Å². The van der Waals surface area contributed by atoms with Crippen molar-refractivity contribution in [2.75, 3.05) is 10.6 Å². The van der Waals surface area contributed by atoms with Gasteiger partial charge in [0.25, 0.3) is 0 Å². The lowest BCUT2D eigenvalue weighted by molar-refractivity contribution is -0.117. The van der Waals surface area contributed by atoms with Crippen LogP contribution in [0, 0.1) is 5.82 Å². The van der Waals surface area contributed by atoms with Gasteiger partial charge in [0.2, 0.25) is 5.91 Å². The molecule has 3 rings (SSSR count). The first kappa shape index (κ1) is 18.6. The molecule has 1 aromatic carbocycles. The highest BCUT2D eigenvalue weighted by atomic mass is 19.1. The maximum absolute atomic E-state index is 14.4. The second-order valence-corrected chi connectivity index (χ2v) is 7.16. The molecule has 142 valence electrons. The molecule has 2 aromatic rings. The number of nitrogens with one attached hydrogen (secondary N) is 3. The predicted molar refractivity (Wildman–Crippen MR) is 98.8 cm³/mol. The molecule has 1 unspecified atom stereocenters. The minimum atomic E-state index is -1.00. The summed E-state index contributed by atoms with van der Waals surface area (Å²) in [5.74, 6) is -0.519.